The van der Waals surface area contributed by atoms with E-state index in [0.29, 0.717) is 0 Å². The van der Waals surface area contributed by atoms with Crippen LogP contribution in [0.25, 0.3) is 0 Å². The summed E-state index contributed by atoms with van der Waals surface area (Å²) in [5.74, 6) is 2.70. The predicted molar refractivity (Wildman–Crippen MR) is 69.9 cm³/mol. The molecule has 0 saturated carbocycles. The van der Waals surface area contributed by atoms with Crippen LogP contribution in [0.2, 0.25) is 18.1 Å². The van der Waals surface area contributed by atoms with E-state index in [0.717, 1.165) is 19.4 Å². The number of rotatable bonds is 2. The fraction of sp³-hybridized carbons (Fsp3) is 0.846. The highest BCUT2D eigenvalue weighted by atomic mass is 28.4. The van der Waals surface area contributed by atoms with Gasteiger partial charge in [-0.05, 0) is 31.0 Å². The van der Waals surface area contributed by atoms with Gasteiger partial charge in [0.2, 0.25) is 0 Å². The third-order valence-corrected chi connectivity index (χ3v) is 8.19. The molecular formula is C13H24O2Si. The molecule has 1 aliphatic heterocycles. The first kappa shape index (κ1) is 13.8. The number of hydrogen-bond acceptors (Lipinski definition) is 2. The largest absolute Gasteiger partial charge is 0.410 e. The van der Waals surface area contributed by atoms with E-state index in [1.54, 1.807) is 0 Å². The molecule has 0 aliphatic carbocycles. The SMILES string of the molecule is C#C[C@H]1OCCC[C@@H]1O[Si](C)(C)C(C)(C)C. The normalized spacial score (nSPS) is 27.5. The zero-order valence-corrected chi connectivity index (χ0v) is 12.2. The summed E-state index contributed by atoms with van der Waals surface area (Å²) in [6.45, 7) is 12.0. The molecule has 0 bridgehead atoms. The zero-order chi connectivity index (χ0) is 12.4. The lowest BCUT2D eigenvalue weighted by atomic mass is 10.1. The summed E-state index contributed by atoms with van der Waals surface area (Å²) >= 11 is 0. The second-order valence-electron chi connectivity index (χ2n) is 6.02. The summed E-state index contributed by atoms with van der Waals surface area (Å²) in [6, 6.07) is 0. The van der Waals surface area contributed by atoms with Crippen LogP contribution < -0.4 is 0 Å². The van der Waals surface area contributed by atoms with Crippen molar-refractivity contribution in [3.8, 4) is 12.3 Å². The van der Waals surface area contributed by atoms with Gasteiger partial charge in [0.15, 0.2) is 8.32 Å². The molecule has 16 heavy (non-hydrogen) atoms. The molecule has 1 aliphatic rings. The number of hydrogen-bond donors (Lipinski definition) is 0. The molecule has 1 rings (SSSR count). The highest BCUT2D eigenvalue weighted by Crippen LogP contribution is 2.38. The van der Waals surface area contributed by atoms with Crippen molar-refractivity contribution in [3.05, 3.63) is 0 Å². The molecule has 0 radical (unpaired) electrons. The van der Waals surface area contributed by atoms with E-state index in [1.165, 1.54) is 0 Å². The molecule has 1 heterocycles. The van der Waals surface area contributed by atoms with Gasteiger partial charge in [-0.1, -0.05) is 26.7 Å². The van der Waals surface area contributed by atoms with E-state index < -0.39 is 8.32 Å². The van der Waals surface area contributed by atoms with E-state index in [2.05, 4.69) is 39.8 Å². The highest BCUT2D eigenvalue weighted by molar-refractivity contribution is 6.74. The van der Waals surface area contributed by atoms with Gasteiger partial charge in [-0.25, -0.2) is 0 Å². The third-order valence-electron chi connectivity index (χ3n) is 3.68. The summed E-state index contributed by atoms with van der Waals surface area (Å²) in [6.07, 6.45) is 7.51. The minimum atomic E-state index is -1.73. The Hall–Kier alpha value is -0.303. The van der Waals surface area contributed by atoms with Gasteiger partial charge in [0, 0.05) is 6.61 Å². The van der Waals surface area contributed by atoms with Gasteiger partial charge in [-0.3, -0.25) is 0 Å². The van der Waals surface area contributed by atoms with Crippen LogP contribution in [0.4, 0.5) is 0 Å². The van der Waals surface area contributed by atoms with Gasteiger partial charge < -0.3 is 9.16 Å². The Morgan fingerprint density at radius 2 is 2.00 bits per heavy atom. The predicted octanol–water partition coefficient (Wildman–Crippen LogP) is 3.19. The van der Waals surface area contributed by atoms with Crippen molar-refractivity contribution < 1.29 is 9.16 Å². The fourth-order valence-electron chi connectivity index (χ4n) is 1.58. The Morgan fingerprint density at radius 3 is 2.50 bits per heavy atom. The fourth-order valence-corrected chi connectivity index (χ4v) is 2.94. The van der Waals surface area contributed by atoms with Crippen molar-refractivity contribution in [3.63, 3.8) is 0 Å². The van der Waals surface area contributed by atoms with Crippen molar-refractivity contribution in [1.29, 1.82) is 0 Å². The molecule has 1 saturated heterocycles. The summed E-state index contributed by atoms with van der Waals surface area (Å²) < 4.78 is 11.9. The Morgan fingerprint density at radius 1 is 1.38 bits per heavy atom. The van der Waals surface area contributed by atoms with Crippen molar-refractivity contribution >= 4 is 8.32 Å². The Kier molecular flexibility index (Phi) is 4.22. The van der Waals surface area contributed by atoms with E-state index in [-0.39, 0.29) is 17.2 Å². The molecule has 0 spiro atoms. The smallest absolute Gasteiger partial charge is 0.192 e. The Labute approximate surface area is 101 Å². The van der Waals surface area contributed by atoms with Crippen molar-refractivity contribution in [2.45, 2.75) is 64.0 Å². The Balaban J connectivity index is 2.69. The molecule has 3 heteroatoms. The average Bonchev–Trinajstić information content (AvgIpc) is 2.16. The van der Waals surface area contributed by atoms with E-state index >= 15 is 0 Å². The summed E-state index contributed by atoms with van der Waals surface area (Å²) in [4.78, 5) is 0. The molecule has 1 fully saturated rings. The maximum atomic E-state index is 6.32. The average molecular weight is 240 g/mol. The van der Waals surface area contributed by atoms with Crippen LogP contribution in [0.15, 0.2) is 0 Å². The monoisotopic (exact) mass is 240 g/mol. The molecule has 92 valence electrons. The second kappa shape index (κ2) is 4.91. The standard InChI is InChI=1S/C13H24O2Si/c1-7-11-12(9-8-10-14-11)15-16(5,6)13(2,3)4/h1,11-12H,8-10H2,2-6H3/t11-,12+/m1/s1. The minimum absolute atomic E-state index is 0.0969. The van der Waals surface area contributed by atoms with Crippen LogP contribution in [0.1, 0.15) is 33.6 Å². The van der Waals surface area contributed by atoms with E-state index in [9.17, 15) is 0 Å². The summed E-state index contributed by atoms with van der Waals surface area (Å²) in [5.41, 5.74) is 0. The van der Waals surface area contributed by atoms with Gasteiger partial charge >= 0.3 is 0 Å². The first-order valence-corrected chi connectivity index (χ1v) is 8.94. The lowest BCUT2D eigenvalue weighted by Gasteiger charge is -2.41. The van der Waals surface area contributed by atoms with Crippen LogP contribution in [-0.2, 0) is 9.16 Å². The lowest BCUT2D eigenvalue weighted by Crippen LogP contribution is -2.48. The molecule has 0 aromatic carbocycles. The third kappa shape index (κ3) is 3.10. The maximum Gasteiger partial charge on any atom is 0.192 e. The van der Waals surface area contributed by atoms with Gasteiger partial charge in [0.05, 0.1) is 6.10 Å². The van der Waals surface area contributed by atoms with Gasteiger partial charge in [-0.15, -0.1) is 6.42 Å². The van der Waals surface area contributed by atoms with Crippen LogP contribution in [0.3, 0.4) is 0 Å². The van der Waals surface area contributed by atoms with Crippen molar-refractivity contribution in [2.24, 2.45) is 0 Å². The number of ether oxygens (including phenoxy) is 1. The molecule has 0 amide bonds. The topological polar surface area (TPSA) is 18.5 Å². The highest BCUT2D eigenvalue weighted by Gasteiger charge is 2.41. The van der Waals surface area contributed by atoms with E-state index in [4.69, 9.17) is 15.6 Å². The molecule has 0 unspecified atom stereocenters. The first-order chi connectivity index (χ1) is 7.28. The molecule has 0 aromatic rings. The van der Waals surface area contributed by atoms with Gasteiger partial charge in [0.1, 0.15) is 6.10 Å². The summed E-state index contributed by atoms with van der Waals surface area (Å²) in [7, 11) is -1.73. The lowest BCUT2D eigenvalue weighted by molar-refractivity contribution is -0.0370. The van der Waals surface area contributed by atoms with Crippen molar-refractivity contribution in [2.75, 3.05) is 6.61 Å². The van der Waals surface area contributed by atoms with Crippen LogP contribution in [-0.4, -0.2) is 27.1 Å². The zero-order valence-electron chi connectivity index (χ0n) is 11.2. The van der Waals surface area contributed by atoms with E-state index in [1.807, 2.05) is 0 Å². The molecular weight excluding hydrogens is 216 g/mol. The quantitative estimate of drug-likeness (QED) is 0.545. The second-order valence-corrected chi connectivity index (χ2v) is 10.8. The molecule has 2 nitrogen and oxygen atoms in total. The van der Waals surface area contributed by atoms with Crippen LogP contribution in [0, 0.1) is 12.3 Å². The minimum Gasteiger partial charge on any atom is -0.410 e. The number of terminal acetylenes is 1. The van der Waals surface area contributed by atoms with Crippen LogP contribution >= 0.6 is 0 Å². The Bertz CT molecular complexity index is 273. The molecule has 0 aromatic heterocycles. The molecule has 0 N–H and O–H groups in total. The van der Waals surface area contributed by atoms with Crippen molar-refractivity contribution in [1.82, 2.24) is 0 Å². The summed E-state index contributed by atoms with van der Waals surface area (Å²) in [5, 5.41) is 0.226. The first-order valence-electron chi connectivity index (χ1n) is 6.03. The van der Waals surface area contributed by atoms with Gasteiger partial charge in [-0.2, -0.15) is 0 Å². The van der Waals surface area contributed by atoms with Gasteiger partial charge in [0.25, 0.3) is 0 Å². The maximum absolute atomic E-state index is 6.32. The van der Waals surface area contributed by atoms with Crippen LogP contribution in [0.5, 0.6) is 0 Å². The molecule has 2 atom stereocenters.